The number of thioether (sulfide) groups is 1. The molecule has 7 nitrogen and oxygen atoms in total. The summed E-state index contributed by atoms with van der Waals surface area (Å²) in [4.78, 5) is 24.1. The third-order valence-corrected chi connectivity index (χ3v) is 5.41. The maximum Gasteiger partial charge on any atom is 0.313 e. The number of hydrogen-bond acceptors (Lipinski definition) is 6. The molecule has 1 atom stereocenters. The number of esters is 1. The van der Waals surface area contributed by atoms with Crippen molar-refractivity contribution in [2.45, 2.75) is 68.8 Å². The van der Waals surface area contributed by atoms with Crippen LogP contribution in [-0.2, 0) is 20.7 Å². The Morgan fingerprint density at radius 1 is 1.38 bits per heavy atom. The summed E-state index contributed by atoms with van der Waals surface area (Å²) >= 11 is 1.37. The van der Waals surface area contributed by atoms with Gasteiger partial charge in [-0.25, -0.2) is 0 Å². The largest absolute Gasteiger partial charge is 0.466 e. The van der Waals surface area contributed by atoms with Gasteiger partial charge in [0.15, 0.2) is 5.16 Å². The second kappa shape index (κ2) is 10.4. The molecule has 1 aliphatic carbocycles. The highest BCUT2D eigenvalue weighted by molar-refractivity contribution is 8.00. The maximum absolute atomic E-state index is 12.2. The smallest absolute Gasteiger partial charge is 0.313 e. The Morgan fingerprint density at radius 2 is 2.12 bits per heavy atom. The van der Waals surface area contributed by atoms with Gasteiger partial charge in [-0.1, -0.05) is 37.1 Å². The van der Waals surface area contributed by atoms with Gasteiger partial charge in [0.05, 0.1) is 11.9 Å². The fraction of sp³-hybridized carbons (Fsp3) is 0.667. The summed E-state index contributed by atoms with van der Waals surface area (Å²) in [5.74, 6) is 0.252. The monoisotopic (exact) mass is 380 g/mol. The highest BCUT2D eigenvalue weighted by Gasteiger charge is 2.26. The van der Waals surface area contributed by atoms with Gasteiger partial charge in [-0.15, -0.1) is 16.8 Å². The zero-order valence-electron chi connectivity index (χ0n) is 15.6. The Bertz CT molecular complexity index is 626. The number of rotatable bonds is 9. The van der Waals surface area contributed by atoms with E-state index in [2.05, 4.69) is 26.7 Å². The molecule has 0 unspecified atom stereocenters. The number of nitrogens with zero attached hydrogens (tertiary/aromatic N) is 3. The van der Waals surface area contributed by atoms with E-state index in [1.807, 2.05) is 6.92 Å². The van der Waals surface area contributed by atoms with Crippen LogP contribution in [0.3, 0.4) is 0 Å². The number of ether oxygens (including phenoxy) is 1. The van der Waals surface area contributed by atoms with Crippen molar-refractivity contribution in [2.24, 2.45) is 0 Å². The molecule has 0 aromatic carbocycles. The number of amides is 1. The van der Waals surface area contributed by atoms with Gasteiger partial charge in [-0.3, -0.25) is 9.59 Å². The van der Waals surface area contributed by atoms with Crippen LogP contribution in [0.2, 0.25) is 0 Å². The number of carbonyl (C=O) groups is 2. The third kappa shape index (κ3) is 5.59. The van der Waals surface area contributed by atoms with Gasteiger partial charge in [0.1, 0.15) is 12.2 Å². The van der Waals surface area contributed by atoms with Gasteiger partial charge in [-0.2, -0.15) is 0 Å². The minimum atomic E-state index is -0.308. The lowest BCUT2D eigenvalue weighted by Gasteiger charge is -2.26. The average molecular weight is 381 g/mol. The Labute approximate surface area is 159 Å². The van der Waals surface area contributed by atoms with E-state index in [1.54, 1.807) is 13.0 Å². The van der Waals surface area contributed by atoms with E-state index in [-0.39, 0.29) is 29.6 Å². The summed E-state index contributed by atoms with van der Waals surface area (Å²) in [5, 5.41) is 11.7. The lowest BCUT2D eigenvalue weighted by atomic mass is 9.95. The first-order chi connectivity index (χ1) is 12.6. The minimum Gasteiger partial charge on any atom is -0.466 e. The van der Waals surface area contributed by atoms with Crippen LogP contribution < -0.4 is 5.32 Å². The lowest BCUT2D eigenvalue weighted by molar-refractivity contribution is -0.142. The number of carbonyl (C=O) groups excluding carboxylic acids is 2. The van der Waals surface area contributed by atoms with Crippen LogP contribution >= 0.6 is 11.8 Å². The molecule has 0 saturated heterocycles. The van der Waals surface area contributed by atoms with E-state index in [4.69, 9.17) is 4.74 Å². The molecule has 1 amide bonds. The van der Waals surface area contributed by atoms with Crippen molar-refractivity contribution in [3.63, 3.8) is 0 Å². The quantitative estimate of drug-likeness (QED) is 0.403. The second-order valence-electron chi connectivity index (χ2n) is 6.34. The van der Waals surface area contributed by atoms with E-state index in [0.717, 1.165) is 25.7 Å². The van der Waals surface area contributed by atoms with Crippen LogP contribution in [0.25, 0.3) is 0 Å². The van der Waals surface area contributed by atoms with Crippen molar-refractivity contribution in [1.29, 1.82) is 0 Å². The van der Waals surface area contributed by atoms with Gasteiger partial charge in [0.25, 0.3) is 0 Å². The molecule has 1 aliphatic rings. The zero-order chi connectivity index (χ0) is 18.9. The summed E-state index contributed by atoms with van der Waals surface area (Å²) in [5.41, 5.74) is 0. The molecular formula is C18H28N4O3S. The van der Waals surface area contributed by atoms with Gasteiger partial charge < -0.3 is 14.6 Å². The molecule has 0 aliphatic heterocycles. The molecule has 1 fully saturated rings. The van der Waals surface area contributed by atoms with Gasteiger partial charge in [-0.05, 0) is 26.7 Å². The zero-order valence-corrected chi connectivity index (χ0v) is 16.4. The minimum absolute atomic E-state index is 0.0694. The molecule has 0 bridgehead atoms. The Balaban J connectivity index is 2.18. The molecule has 0 spiro atoms. The molecule has 1 saturated carbocycles. The summed E-state index contributed by atoms with van der Waals surface area (Å²) in [6, 6.07) is 0.272. The van der Waals surface area contributed by atoms with E-state index in [1.165, 1.54) is 18.2 Å². The Kier molecular flexibility index (Phi) is 8.15. The van der Waals surface area contributed by atoms with Gasteiger partial charge in [0, 0.05) is 12.6 Å². The molecule has 26 heavy (non-hydrogen) atoms. The fourth-order valence-corrected chi connectivity index (χ4v) is 4.05. The normalized spacial score (nSPS) is 16.1. The van der Waals surface area contributed by atoms with Crippen molar-refractivity contribution in [2.75, 3.05) is 13.2 Å². The van der Waals surface area contributed by atoms with Crippen molar-refractivity contribution in [1.82, 2.24) is 20.1 Å². The Morgan fingerprint density at radius 3 is 2.77 bits per heavy atom. The molecule has 1 aromatic heterocycles. The van der Waals surface area contributed by atoms with Crippen LogP contribution in [-0.4, -0.2) is 45.0 Å². The van der Waals surface area contributed by atoms with E-state index in [0.29, 0.717) is 24.1 Å². The molecular weight excluding hydrogens is 352 g/mol. The average Bonchev–Trinajstić information content (AvgIpc) is 3.02. The lowest BCUT2D eigenvalue weighted by Crippen LogP contribution is -2.31. The van der Waals surface area contributed by atoms with Crippen LogP contribution in [0.1, 0.15) is 57.8 Å². The fourth-order valence-electron chi connectivity index (χ4n) is 3.08. The first-order valence-electron chi connectivity index (χ1n) is 9.21. The van der Waals surface area contributed by atoms with Gasteiger partial charge >= 0.3 is 5.97 Å². The molecule has 8 heteroatoms. The summed E-state index contributed by atoms with van der Waals surface area (Å²) in [6.45, 7) is 8.02. The van der Waals surface area contributed by atoms with Crippen LogP contribution in [0.15, 0.2) is 17.8 Å². The third-order valence-electron chi connectivity index (χ3n) is 4.35. The van der Waals surface area contributed by atoms with Crippen molar-refractivity contribution in [3.05, 3.63) is 18.5 Å². The summed E-state index contributed by atoms with van der Waals surface area (Å²) < 4.78 is 7.11. The molecule has 2 rings (SSSR count). The highest BCUT2D eigenvalue weighted by atomic mass is 32.2. The molecule has 1 heterocycles. The molecule has 0 radical (unpaired) electrons. The highest BCUT2D eigenvalue weighted by Crippen LogP contribution is 2.34. The topological polar surface area (TPSA) is 86.1 Å². The number of nitrogens with one attached hydrogen (secondary N) is 1. The van der Waals surface area contributed by atoms with Crippen LogP contribution in [0.4, 0.5) is 0 Å². The Hall–Kier alpha value is -1.83. The van der Waals surface area contributed by atoms with Crippen molar-refractivity contribution in [3.8, 4) is 0 Å². The maximum atomic E-state index is 12.2. The molecule has 144 valence electrons. The summed E-state index contributed by atoms with van der Waals surface area (Å²) in [7, 11) is 0. The van der Waals surface area contributed by atoms with E-state index >= 15 is 0 Å². The number of aromatic nitrogens is 3. The van der Waals surface area contributed by atoms with Crippen molar-refractivity contribution >= 4 is 23.6 Å². The second-order valence-corrected chi connectivity index (χ2v) is 7.64. The van der Waals surface area contributed by atoms with Crippen molar-refractivity contribution < 1.29 is 14.3 Å². The number of hydrogen-bond donors (Lipinski definition) is 1. The molecule has 1 aromatic rings. The van der Waals surface area contributed by atoms with Gasteiger partial charge in [0.2, 0.25) is 5.91 Å². The summed E-state index contributed by atoms with van der Waals surface area (Å²) in [6.07, 6.45) is 7.38. The first kappa shape index (κ1) is 20.5. The SMILES string of the molecule is C=CCNC(=O)[C@H](C)Sc1nnc(CC(=O)OCC)n1C1CCCCC1. The van der Waals surface area contributed by atoms with Crippen LogP contribution in [0, 0.1) is 0 Å². The molecule has 1 N–H and O–H groups in total. The predicted molar refractivity (Wildman–Crippen MR) is 101 cm³/mol. The first-order valence-corrected chi connectivity index (χ1v) is 10.1. The predicted octanol–water partition coefficient (Wildman–Crippen LogP) is 2.67. The van der Waals surface area contributed by atoms with E-state index in [9.17, 15) is 9.59 Å². The van der Waals surface area contributed by atoms with E-state index < -0.39 is 0 Å². The van der Waals surface area contributed by atoms with Crippen LogP contribution in [0.5, 0.6) is 0 Å². The standard InChI is InChI=1S/C18H28N4O3S/c1-4-11-19-17(24)13(3)26-18-21-20-15(12-16(23)25-5-2)22(18)14-9-7-6-8-10-14/h4,13-14H,1,5-12H2,2-3H3,(H,19,24)/t13-/m0/s1.